The van der Waals surface area contributed by atoms with E-state index in [0.717, 1.165) is 12.8 Å². The molecule has 1 saturated heterocycles. The van der Waals surface area contributed by atoms with Gasteiger partial charge >= 0.3 is 6.18 Å². The van der Waals surface area contributed by atoms with Gasteiger partial charge in [-0.15, -0.1) is 0 Å². The van der Waals surface area contributed by atoms with E-state index in [-0.39, 0.29) is 17.6 Å². The fourth-order valence-electron chi connectivity index (χ4n) is 3.32. The number of anilines is 1. The van der Waals surface area contributed by atoms with Gasteiger partial charge in [-0.25, -0.2) is 0 Å². The van der Waals surface area contributed by atoms with Gasteiger partial charge in [-0.05, 0) is 55.7 Å². The second-order valence-electron chi connectivity index (χ2n) is 7.14. The summed E-state index contributed by atoms with van der Waals surface area (Å²) in [6.07, 6.45) is -2.16. The van der Waals surface area contributed by atoms with Crippen molar-refractivity contribution in [3.05, 3.63) is 70.8 Å². The highest BCUT2D eigenvalue weighted by Gasteiger charge is 2.33. The summed E-state index contributed by atoms with van der Waals surface area (Å²) in [6, 6.07) is 13.1. The lowest BCUT2D eigenvalue weighted by molar-refractivity contribution is -0.0583. The van der Waals surface area contributed by atoms with Gasteiger partial charge in [-0.3, -0.25) is 10.2 Å². The molecule has 1 heterocycles. The van der Waals surface area contributed by atoms with Gasteiger partial charge in [0.05, 0.1) is 10.7 Å². The molecule has 1 fully saturated rings. The maximum absolute atomic E-state index is 12.9. The fraction of sp³-hybridized carbons (Fsp3) is 0.273. The largest absolute Gasteiger partial charge is 0.432 e. The van der Waals surface area contributed by atoms with Gasteiger partial charge < -0.3 is 10.2 Å². The Morgan fingerprint density at radius 1 is 1.17 bits per heavy atom. The van der Waals surface area contributed by atoms with Crippen LogP contribution in [-0.2, 0) is 0 Å². The Bertz CT molecular complexity index is 970. The van der Waals surface area contributed by atoms with Crippen molar-refractivity contribution in [3.63, 3.8) is 0 Å². The van der Waals surface area contributed by atoms with Crippen LogP contribution >= 0.6 is 11.6 Å². The normalized spacial score (nSPS) is 17.2. The molecule has 0 aromatic heterocycles. The van der Waals surface area contributed by atoms with E-state index in [4.69, 9.17) is 17.0 Å². The Labute approximate surface area is 177 Å². The van der Waals surface area contributed by atoms with Crippen LogP contribution in [0.2, 0.25) is 5.02 Å². The van der Waals surface area contributed by atoms with E-state index in [1.165, 1.54) is 0 Å². The number of hydrogen-bond donors (Lipinski definition) is 2. The Balaban J connectivity index is 1.91. The van der Waals surface area contributed by atoms with E-state index < -0.39 is 11.9 Å². The van der Waals surface area contributed by atoms with Crippen molar-refractivity contribution < 1.29 is 18.0 Å². The van der Waals surface area contributed by atoms with Crippen LogP contribution in [0, 0.1) is 5.41 Å². The number of halogens is 4. The van der Waals surface area contributed by atoms with Crippen LogP contribution in [0.4, 0.5) is 18.9 Å². The van der Waals surface area contributed by atoms with E-state index in [9.17, 15) is 18.0 Å². The van der Waals surface area contributed by atoms with Crippen LogP contribution in [0.25, 0.3) is 5.70 Å². The van der Waals surface area contributed by atoms with Gasteiger partial charge in [-0.2, -0.15) is 13.2 Å². The predicted molar refractivity (Wildman–Crippen MR) is 113 cm³/mol. The number of nitrogens with one attached hydrogen (secondary N) is 2. The van der Waals surface area contributed by atoms with Gasteiger partial charge in [0.25, 0.3) is 5.91 Å². The lowest BCUT2D eigenvalue weighted by atomic mass is 10.1. The number of benzene rings is 2. The van der Waals surface area contributed by atoms with Crippen molar-refractivity contribution in [1.29, 1.82) is 5.41 Å². The Kier molecular flexibility index (Phi) is 6.51. The summed E-state index contributed by atoms with van der Waals surface area (Å²) in [5, 5.41) is 10.6. The Morgan fingerprint density at radius 3 is 2.37 bits per heavy atom. The van der Waals surface area contributed by atoms with E-state index in [1.807, 2.05) is 6.92 Å². The number of alkyl halides is 3. The Morgan fingerprint density at radius 2 is 1.80 bits per heavy atom. The first-order valence-electron chi connectivity index (χ1n) is 9.47. The third kappa shape index (κ3) is 5.02. The third-order valence-electron chi connectivity index (χ3n) is 4.99. The van der Waals surface area contributed by atoms with Crippen molar-refractivity contribution in [2.24, 2.45) is 0 Å². The summed E-state index contributed by atoms with van der Waals surface area (Å²) >= 11 is 6.12. The molecule has 2 aromatic rings. The van der Waals surface area contributed by atoms with Gasteiger partial charge in [0.15, 0.2) is 0 Å². The molecule has 2 aromatic carbocycles. The summed E-state index contributed by atoms with van der Waals surface area (Å²) in [6.45, 7) is 2.69. The van der Waals surface area contributed by atoms with Crippen molar-refractivity contribution in [2.75, 3.05) is 11.9 Å². The zero-order valence-electron chi connectivity index (χ0n) is 16.3. The molecule has 158 valence electrons. The summed E-state index contributed by atoms with van der Waals surface area (Å²) < 4.78 is 38.8. The fourth-order valence-corrected chi connectivity index (χ4v) is 3.50. The predicted octanol–water partition coefficient (Wildman–Crippen LogP) is 6.00. The summed E-state index contributed by atoms with van der Waals surface area (Å²) in [7, 11) is 0. The first-order valence-corrected chi connectivity index (χ1v) is 9.85. The number of allylic oxidation sites excluding steroid dienone is 1. The van der Waals surface area contributed by atoms with E-state index in [0.29, 0.717) is 34.5 Å². The molecule has 0 radical (unpaired) electrons. The summed E-state index contributed by atoms with van der Waals surface area (Å²) in [5.74, 6) is -0.0980. The average molecular weight is 436 g/mol. The average Bonchev–Trinajstić information content (AvgIpc) is 3.13. The molecular formula is C22H21ClF3N3O. The van der Waals surface area contributed by atoms with Crippen LogP contribution in [0.5, 0.6) is 0 Å². The smallest absolute Gasteiger partial charge is 0.354 e. The quantitative estimate of drug-likeness (QED) is 0.566. The highest BCUT2D eigenvalue weighted by molar-refractivity contribution is 6.33. The minimum absolute atomic E-state index is 0.0546. The topological polar surface area (TPSA) is 56.2 Å². The van der Waals surface area contributed by atoms with E-state index >= 15 is 0 Å². The highest BCUT2D eigenvalue weighted by atomic mass is 35.5. The van der Waals surface area contributed by atoms with Crippen LogP contribution in [-0.4, -0.2) is 35.3 Å². The maximum atomic E-state index is 12.9. The van der Waals surface area contributed by atoms with Gasteiger partial charge in [0.1, 0.15) is 5.71 Å². The molecule has 0 bridgehead atoms. The monoisotopic (exact) mass is 435 g/mol. The molecule has 0 spiro atoms. The van der Waals surface area contributed by atoms with Gasteiger partial charge in [-0.1, -0.05) is 35.9 Å². The van der Waals surface area contributed by atoms with Crippen LogP contribution < -0.4 is 5.32 Å². The molecule has 3 rings (SSSR count). The highest BCUT2D eigenvalue weighted by Crippen LogP contribution is 2.28. The number of rotatable bonds is 5. The molecule has 1 aliphatic heterocycles. The van der Waals surface area contributed by atoms with Crippen LogP contribution in [0.15, 0.2) is 54.6 Å². The van der Waals surface area contributed by atoms with E-state index in [2.05, 4.69) is 5.32 Å². The number of nitrogens with zero attached hydrogens (tertiary/aromatic N) is 1. The van der Waals surface area contributed by atoms with Gasteiger partial charge in [0.2, 0.25) is 0 Å². The molecule has 0 aliphatic carbocycles. The molecule has 1 unspecified atom stereocenters. The first kappa shape index (κ1) is 21.9. The Hall–Kier alpha value is -2.80. The minimum Gasteiger partial charge on any atom is -0.354 e. The minimum atomic E-state index is -4.78. The van der Waals surface area contributed by atoms with Crippen molar-refractivity contribution in [3.8, 4) is 0 Å². The van der Waals surface area contributed by atoms with Crippen molar-refractivity contribution >= 4 is 34.6 Å². The SMILES string of the molecule is CC1CCCN1C(=O)c1ccc(/C(=C/C(=N)C(F)(F)F)Nc2ccccc2Cl)cc1. The molecule has 1 aliphatic rings. The number of amides is 1. The molecule has 1 amide bonds. The zero-order valence-corrected chi connectivity index (χ0v) is 17.0. The van der Waals surface area contributed by atoms with Crippen molar-refractivity contribution in [1.82, 2.24) is 4.90 Å². The molecule has 1 atom stereocenters. The molecule has 8 heteroatoms. The number of likely N-dealkylation sites (tertiary alicyclic amines) is 1. The number of carbonyl (C=O) groups is 1. The van der Waals surface area contributed by atoms with Crippen LogP contribution in [0.3, 0.4) is 0 Å². The molecule has 0 saturated carbocycles. The summed E-state index contributed by atoms with van der Waals surface area (Å²) in [4.78, 5) is 14.5. The van der Waals surface area contributed by atoms with Crippen LogP contribution in [0.1, 0.15) is 35.7 Å². The second-order valence-corrected chi connectivity index (χ2v) is 7.55. The molecule has 30 heavy (non-hydrogen) atoms. The maximum Gasteiger partial charge on any atom is 0.432 e. The van der Waals surface area contributed by atoms with Crippen molar-refractivity contribution in [2.45, 2.75) is 32.0 Å². The molecular weight excluding hydrogens is 415 g/mol. The first-order chi connectivity index (χ1) is 14.2. The zero-order chi connectivity index (χ0) is 21.9. The number of para-hydroxylation sites is 1. The van der Waals surface area contributed by atoms with Gasteiger partial charge in [0, 0.05) is 23.8 Å². The summed E-state index contributed by atoms with van der Waals surface area (Å²) in [5.41, 5.74) is -0.168. The third-order valence-corrected chi connectivity index (χ3v) is 5.32. The second kappa shape index (κ2) is 8.92. The standard InChI is InChI=1S/C22H21ClF3N3O/c1-14-5-4-12-29(14)21(30)16-10-8-15(9-11-16)19(13-20(27)22(24,25)26)28-18-7-3-2-6-17(18)23/h2-3,6-11,13-14,27-28H,4-5,12H2,1H3/b19-13-,27-20?. The number of hydrogen-bond acceptors (Lipinski definition) is 3. The lowest BCUT2D eigenvalue weighted by Gasteiger charge is -2.21. The molecule has 2 N–H and O–H groups in total. The molecule has 4 nitrogen and oxygen atoms in total. The van der Waals surface area contributed by atoms with E-state index in [1.54, 1.807) is 53.4 Å². The lowest BCUT2D eigenvalue weighted by Crippen LogP contribution is -2.33. The number of carbonyl (C=O) groups excluding carboxylic acids is 1.